The van der Waals surface area contributed by atoms with Crippen molar-refractivity contribution in [2.24, 2.45) is 0 Å². The van der Waals surface area contributed by atoms with Crippen molar-refractivity contribution in [3.63, 3.8) is 0 Å². The van der Waals surface area contributed by atoms with Gasteiger partial charge in [-0.3, -0.25) is 4.72 Å². The Hall–Kier alpha value is -1.51. The second kappa shape index (κ2) is 5.01. The second-order valence-electron chi connectivity index (χ2n) is 4.34. The fourth-order valence-corrected chi connectivity index (χ4v) is 3.01. The molecule has 0 amide bonds. The van der Waals surface area contributed by atoms with Crippen LogP contribution in [-0.4, -0.2) is 25.4 Å². The fraction of sp³-hybridized carbons (Fsp3) is 0.385. The van der Waals surface area contributed by atoms with E-state index in [1.807, 2.05) is 6.92 Å². The summed E-state index contributed by atoms with van der Waals surface area (Å²) in [6.07, 6.45) is 1.49. The standard InChI is InChI=1S/C13H15NO3S/c1-10-9-12(5-4-11(10)3-2-8-15)14-18(16,17)13-6-7-13/h4-5,9,13-15H,6-8H2,1H3. The van der Waals surface area contributed by atoms with Crippen LogP contribution in [0.1, 0.15) is 24.0 Å². The average molecular weight is 265 g/mol. The van der Waals surface area contributed by atoms with Gasteiger partial charge >= 0.3 is 0 Å². The quantitative estimate of drug-likeness (QED) is 0.808. The monoisotopic (exact) mass is 265 g/mol. The predicted molar refractivity (Wildman–Crippen MR) is 70.7 cm³/mol. The van der Waals surface area contributed by atoms with Crippen molar-refractivity contribution in [3.05, 3.63) is 29.3 Å². The SMILES string of the molecule is Cc1cc(NS(=O)(=O)C2CC2)ccc1C#CCO. The molecule has 1 aliphatic carbocycles. The van der Waals surface area contributed by atoms with Gasteiger partial charge in [-0.1, -0.05) is 11.8 Å². The molecule has 1 fully saturated rings. The highest BCUT2D eigenvalue weighted by atomic mass is 32.2. The normalized spacial score (nSPS) is 14.8. The van der Waals surface area contributed by atoms with Gasteiger partial charge in [-0.05, 0) is 43.5 Å². The molecule has 0 bridgehead atoms. The van der Waals surface area contributed by atoms with Crippen LogP contribution in [0.15, 0.2) is 18.2 Å². The smallest absolute Gasteiger partial charge is 0.235 e. The van der Waals surface area contributed by atoms with Gasteiger partial charge in [-0.15, -0.1) is 0 Å². The molecule has 0 radical (unpaired) electrons. The Bertz CT molecular complexity index is 607. The average Bonchev–Trinajstić information content (AvgIpc) is 3.11. The van der Waals surface area contributed by atoms with Crippen LogP contribution < -0.4 is 4.72 Å². The van der Waals surface area contributed by atoms with Crippen molar-refractivity contribution in [1.29, 1.82) is 0 Å². The largest absolute Gasteiger partial charge is 0.384 e. The molecule has 2 rings (SSSR count). The number of nitrogens with one attached hydrogen (secondary N) is 1. The number of anilines is 1. The molecule has 1 aromatic carbocycles. The van der Waals surface area contributed by atoms with Crippen molar-refractivity contribution in [3.8, 4) is 11.8 Å². The molecule has 0 heterocycles. The van der Waals surface area contributed by atoms with E-state index < -0.39 is 10.0 Å². The van der Waals surface area contributed by atoms with Crippen molar-refractivity contribution in [1.82, 2.24) is 0 Å². The zero-order valence-corrected chi connectivity index (χ0v) is 10.9. The topological polar surface area (TPSA) is 66.4 Å². The maximum atomic E-state index is 11.8. The highest BCUT2D eigenvalue weighted by Crippen LogP contribution is 2.30. The number of aryl methyl sites for hydroxylation is 1. The minimum atomic E-state index is -3.21. The van der Waals surface area contributed by atoms with Crippen LogP contribution in [0.25, 0.3) is 0 Å². The molecule has 0 saturated heterocycles. The molecule has 96 valence electrons. The van der Waals surface area contributed by atoms with Gasteiger partial charge in [0.2, 0.25) is 10.0 Å². The predicted octanol–water partition coefficient (Wildman–Crippen LogP) is 1.24. The van der Waals surface area contributed by atoms with E-state index in [0.717, 1.165) is 24.0 Å². The van der Waals surface area contributed by atoms with Crippen molar-refractivity contribution in [2.75, 3.05) is 11.3 Å². The van der Waals surface area contributed by atoms with E-state index in [-0.39, 0.29) is 11.9 Å². The number of hydrogen-bond acceptors (Lipinski definition) is 3. The van der Waals surface area contributed by atoms with Crippen LogP contribution in [0.5, 0.6) is 0 Å². The van der Waals surface area contributed by atoms with Crippen molar-refractivity contribution < 1.29 is 13.5 Å². The van der Waals surface area contributed by atoms with Crippen LogP contribution in [0.4, 0.5) is 5.69 Å². The summed E-state index contributed by atoms with van der Waals surface area (Å²) < 4.78 is 26.1. The Kier molecular flexibility index (Phi) is 3.60. The molecule has 0 aromatic heterocycles. The van der Waals surface area contributed by atoms with E-state index in [9.17, 15) is 8.42 Å². The molecule has 0 unspecified atom stereocenters. The molecular formula is C13H15NO3S. The van der Waals surface area contributed by atoms with E-state index in [0.29, 0.717) is 5.69 Å². The molecule has 0 spiro atoms. The molecule has 18 heavy (non-hydrogen) atoms. The maximum absolute atomic E-state index is 11.8. The van der Waals surface area contributed by atoms with Crippen molar-refractivity contribution >= 4 is 15.7 Å². The molecule has 0 aliphatic heterocycles. The minimum absolute atomic E-state index is 0.185. The Balaban J connectivity index is 2.18. The zero-order valence-electron chi connectivity index (χ0n) is 10.1. The first-order valence-electron chi connectivity index (χ1n) is 5.75. The molecule has 1 aromatic rings. The van der Waals surface area contributed by atoms with Gasteiger partial charge in [0.05, 0.1) is 5.25 Å². The number of benzene rings is 1. The van der Waals surface area contributed by atoms with E-state index >= 15 is 0 Å². The number of hydrogen-bond donors (Lipinski definition) is 2. The van der Waals surface area contributed by atoms with E-state index in [2.05, 4.69) is 16.6 Å². The van der Waals surface area contributed by atoms with Gasteiger partial charge in [-0.2, -0.15) is 0 Å². The summed E-state index contributed by atoms with van der Waals surface area (Å²) in [6.45, 7) is 1.67. The van der Waals surface area contributed by atoms with Gasteiger partial charge in [-0.25, -0.2) is 8.42 Å². The van der Waals surface area contributed by atoms with Gasteiger partial charge in [0.25, 0.3) is 0 Å². The van der Waals surface area contributed by atoms with Gasteiger partial charge < -0.3 is 5.11 Å². The molecule has 1 saturated carbocycles. The van der Waals surface area contributed by atoms with Crippen LogP contribution >= 0.6 is 0 Å². The summed E-state index contributed by atoms with van der Waals surface area (Å²) in [5.74, 6) is 5.38. The summed E-state index contributed by atoms with van der Waals surface area (Å²) >= 11 is 0. The Morgan fingerprint density at radius 2 is 2.17 bits per heavy atom. The number of aliphatic hydroxyl groups excluding tert-OH is 1. The Morgan fingerprint density at radius 3 is 2.72 bits per heavy atom. The third-order valence-corrected chi connectivity index (χ3v) is 4.62. The first-order chi connectivity index (χ1) is 8.53. The van der Waals surface area contributed by atoms with Gasteiger partial charge in [0.15, 0.2) is 0 Å². The number of sulfonamides is 1. The first-order valence-corrected chi connectivity index (χ1v) is 7.29. The lowest BCUT2D eigenvalue weighted by atomic mass is 10.1. The third kappa shape index (κ3) is 3.03. The lowest BCUT2D eigenvalue weighted by Gasteiger charge is -2.08. The van der Waals surface area contributed by atoms with E-state index in [1.54, 1.807) is 18.2 Å². The summed E-state index contributed by atoms with van der Waals surface area (Å²) in [5.41, 5.74) is 2.24. The highest BCUT2D eigenvalue weighted by Gasteiger charge is 2.35. The molecule has 0 atom stereocenters. The fourth-order valence-electron chi connectivity index (χ4n) is 1.63. The van der Waals surface area contributed by atoms with Gasteiger partial charge in [0.1, 0.15) is 6.61 Å². The first kappa shape index (κ1) is 12.9. The van der Waals surface area contributed by atoms with Gasteiger partial charge in [0, 0.05) is 11.3 Å². The summed E-state index contributed by atoms with van der Waals surface area (Å²) in [5, 5.41) is 8.40. The van der Waals surface area contributed by atoms with E-state index in [4.69, 9.17) is 5.11 Å². The molecule has 4 nitrogen and oxygen atoms in total. The minimum Gasteiger partial charge on any atom is -0.384 e. The summed E-state index contributed by atoms with van der Waals surface area (Å²) in [4.78, 5) is 0. The lowest BCUT2D eigenvalue weighted by Crippen LogP contribution is -2.17. The Labute approximate surface area is 107 Å². The third-order valence-electron chi connectivity index (χ3n) is 2.75. The molecule has 5 heteroatoms. The number of rotatable bonds is 3. The Morgan fingerprint density at radius 1 is 1.44 bits per heavy atom. The summed E-state index contributed by atoms with van der Waals surface area (Å²) in [6, 6.07) is 5.19. The summed E-state index contributed by atoms with van der Waals surface area (Å²) in [7, 11) is -3.21. The van der Waals surface area contributed by atoms with Crippen LogP contribution in [0.2, 0.25) is 0 Å². The zero-order chi connectivity index (χ0) is 13.2. The molecule has 1 aliphatic rings. The molecular weight excluding hydrogens is 250 g/mol. The lowest BCUT2D eigenvalue weighted by molar-refractivity contribution is 0.350. The number of aliphatic hydroxyl groups is 1. The van der Waals surface area contributed by atoms with Crippen LogP contribution in [0.3, 0.4) is 0 Å². The van der Waals surface area contributed by atoms with Crippen molar-refractivity contribution in [2.45, 2.75) is 25.0 Å². The van der Waals surface area contributed by atoms with Crippen LogP contribution in [0, 0.1) is 18.8 Å². The van der Waals surface area contributed by atoms with E-state index in [1.165, 1.54) is 0 Å². The van der Waals surface area contributed by atoms with Crippen LogP contribution in [-0.2, 0) is 10.0 Å². The highest BCUT2D eigenvalue weighted by molar-refractivity contribution is 7.93. The second-order valence-corrected chi connectivity index (χ2v) is 6.30. The molecule has 2 N–H and O–H groups in total. The maximum Gasteiger partial charge on any atom is 0.235 e.